The second kappa shape index (κ2) is 9.07. The van der Waals surface area contributed by atoms with E-state index in [1.54, 1.807) is 12.4 Å². The van der Waals surface area contributed by atoms with Gasteiger partial charge < -0.3 is 16.0 Å². The zero-order valence-electron chi connectivity index (χ0n) is 17.9. The van der Waals surface area contributed by atoms with Crippen LogP contribution < -0.4 is 16.0 Å². The summed E-state index contributed by atoms with van der Waals surface area (Å²) in [4.78, 5) is 32.0. The summed E-state index contributed by atoms with van der Waals surface area (Å²) in [6.45, 7) is 6.11. The van der Waals surface area contributed by atoms with E-state index in [9.17, 15) is 4.79 Å². The van der Waals surface area contributed by atoms with Crippen LogP contribution in [0.5, 0.6) is 0 Å². The van der Waals surface area contributed by atoms with Crippen molar-refractivity contribution in [2.24, 2.45) is 11.7 Å². The third kappa shape index (κ3) is 4.63. The van der Waals surface area contributed by atoms with E-state index in [1.165, 1.54) is 0 Å². The van der Waals surface area contributed by atoms with Gasteiger partial charge in [-0.15, -0.1) is 0 Å². The van der Waals surface area contributed by atoms with Gasteiger partial charge in [0.15, 0.2) is 5.82 Å². The van der Waals surface area contributed by atoms with Crippen LogP contribution in [0, 0.1) is 19.8 Å². The topological polar surface area (TPSA) is 110 Å². The number of primary amides is 1. The quantitative estimate of drug-likeness (QED) is 0.634. The predicted molar refractivity (Wildman–Crippen MR) is 120 cm³/mol. The Bertz CT molecular complexity index is 1060. The smallest absolute Gasteiger partial charge is 0.220 e. The molecule has 3 aromatic rings. The van der Waals surface area contributed by atoms with Crippen molar-refractivity contribution in [1.29, 1.82) is 0 Å². The molecule has 8 nitrogen and oxygen atoms in total. The average Bonchev–Trinajstić information content (AvgIpc) is 2.81. The highest BCUT2D eigenvalue weighted by atomic mass is 16.1. The fraction of sp³-hybridized carbons (Fsp3) is 0.348. The summed E-state index contributed by atoms with van der Waals surface area (Å²) < 4.78 is 0. The normalized spacial score (nSPS) is 14.5. The fourth-order valence-electron chi connectivity index (χ4n) is 3.82. The van der Waals surface area contributed by atoms with Crippen LogP contribution in [0.15, 0.2) is 42.7 Å². The molecule has 3 N–H and O–H groups in total. The van der Waals surface area contributed by atoms with Crippen LogP contribution in [-0.4, -0.2) is 38.9 Å². The number of hydrogen-bond donors (Lipinski definition) is 2. The first-order chi connectivity index (χ1) is 15.0. The second-order valence-corrected chi connectivity index (χ2v) is 7.82. The molecule has 1 aliphatic heterocycles. The van der Waals surface area contributed by atoms with Gasteiger partial charge in [0.2, 0.25) is 5.91 Å². The summed E-state index contributed by atoms with van der Waals surface area (Å²) in [5.41, 5.74) is 9.22. The number of nitrogens with two attached hydrogens (primary N) is 1. The highest BCUT2D eigenvalue weighted by molar-refractivity contribution is 5.77. The van der Waals surface area contributed by atoms with Gasteiger partial charge in [-0.3, -0.25) is 9.78 Å². The molecule has 4 heterocycles. The van der Waals surface area contributed by atoms with Crippen LogP contribution in [0.3, 0.4) is 0 Å². The maximum Gasteiger partial charge on any atom is 0.220 e. The Morgan fingerprint density at radius 1 is 1.10 bits per heavy atom. The molecule has 4 rings (SSSR count). The van der Waals surface area contributed by atoms with E-state index in [4.69, 9.17) is 10.7 Å². The van der Waals surface area contributed by atoms with Crippen LogP contribution in [-0.2, 0) is 11.3 Å². The second-order valence-electron chi connectivity index (χ2n) is 7.82. The van der Waals surface area contributed by atoms with Crippen molar-refractivity contribution in [2.75, 3.05) is 23.3 Å². The minimum atomic E-state index is -0.208. The number of rotatable bonds is 6. The number of amides is 1. The minimum absolute atomic E-state index is 0.0433. The van der Waals surface area contributed by atoms with Crippen LogP contribution in [0.1, 0.15) is 29.7 Å². The van der Waals surface area contributed by atoms with Crippen molar-refractivity contribution in [2.45, 2.75) is 33.2 Å². The van der Waals surface area contributed by atoms with Gasteiger partial charge in [0.25, 0.3) is 0 Å². The molecule has 3 aromatic heterocycles. The summed E-state index contributed by atoms with van der Waals surface area (Å²) >= 11 is 0. The number of anilines is 2. The number of aryl methyl sites for hydroxylation is 1. The Labute approximate surface area is 182 Å². The lowest BCUT2D eigenvalue weighted by Crippen LogP contribution is -2.39. The van der Waals surface area contributed by atoms with E-state index >= 15 is 0 Å². The lowest BCUT2D eigenvalue weighted by atomic mass is 9.96. The molecule has 1 aliphatic rings. The van der Waals surface area contributed by atoms with Gasteiger partial charge in [-0.05, 0) is 44.9 Å². The summed E-state index contributed by atoms with van der Waals surface area (Å²) in [5, 5.41) is 3.47. The van der Waals surface area contributed by atoms with E-state index in [2.05, 4.69) is 31.2 Å². The molecule has 0 aromatic carbocycles. The standard InChI is InChI=1S/C23H27N7O/c1-15-16(2)28-22(19-7-3-4-10-25-19)29-21(15)27-14-18-6-5-11-26-23(18)30-12-8-17(9-13-30)20(24)31/h3-7,10-11,17H,8-9,12-14H2,1-2H3,(H2,24,31)(H,27,28,29). The van der Waals surface area contributed by atoms with Gasteiger partial charge in [-0.25, -0.2) is 15.0 Å². The Morgan fingerprint density at radius 3 is 2.58 bits per heavy atom. The summed E-state index contributed by atoms with van der Waals surface area (Å²) in [7, 11) is 0. The van der Waals surface area contributed by atoms with E-state index in [0.717, 1.165) is 60.1 Å². The first-order valence-corrected chi connectivity index (χ1v) is 10.5. The molecule has 160 valence electrons. The summed E-state index contributed by atoms with van der Waals surface area (Å²) in [6, 6.07) is 9.71. The van der Waals surface area contributed by atoms with Gasteiger partial charge >= 0.3 is 0 Å². The van der Waals surface area contributed by atoms with Crippen LogP contribution >= 0.6 is 0 Å². The number of aromatic nitrogens is 4. The van der Waals surface area contributed by atoms with Crippen molar-refractivity contribution in [1.82, 2.24) is 19.9 Å². The van der Waals surface area contributed by atoms with Gasteiger partial charge in [0.1, 0.15) is 17.3 Å². The lowest BCUT2D eigenvalue weighted by molar-refractivity contribution is -0.122. The minimum Gasteiger partial charge on any atom is -0.369 e. The van der Waals surface area contributed by atoms with E-state index in [-0.39, 0.29) is 11.8 Å². The number of nitrogens with one attached hydrogen (secondary N) is 1. The Morgan fingerprint density at radius 2 is 1.87 bits per heavy atom. The van der Waals surface area contributed by atoms with Gasteiger partial charge in [-0.1, -0.05) is 12.1 Å². The number of nitrogens with zero attached hydrogens (tertiary/aromatic N) is 5. The first-order valence-electron chi connectivity index (χ1n) is 10.5. The van der Waals surface area contributed by atoms with E-state index in [0.29, 0.717) is 12.4 Å². The molecular formula is C23H27N7O. The monoisotopic (exact) mass is 417 g/mol. The number of pyridine rings is 2. The van der Waals surface area contributed by atoms with Crippen molar-refractivity contribution >= 4 is 17.5 Å². The molecule has 0 radical (unpaired) electrons. The molecule has 0 saturated carbocycles. The van der Waals surface area contributed by atoms with E-state index < -0.39 is 0 Å². The van der Waals surface area contributed by atoms with Crippen molar-refractivity contribution in [3.8, 4) is 11.5 Å². The van der Waals surface area contributed by atoms with Crippen LogP contribution in [0.4, 0.5) is 11.6 Å². The number of hydrogen-bond acceptors (Lipinski definition) is 7. The number of carbonyl (C=O) groups is 1. The van der Waals surface area contributed by atoms with Crippen molar-refractivity contribution in [3.05, 3.63) is 59.5 Å². The largest absolute Gasteiger partial charge is 0.369 e. The lowest BCUT2D eigenvalue weighted by Gasteiger charge is -2.32. The number of carbonyl (C=O) groups excluding carboxylic acids is 1. The van der Waals surface area contributed by atoms with Gasteiger partial charge in [0.05, 0.1) is 0 Å². The molecule has 0 aliphatic carbocycles. The Balaban J connectivity index is 1.53. The first kappa shape index (κ1) is 20.7. The zero-order chi connectivity index (χ0) is 21.8. The maximum atomic E-state index is 11.5. The van der Waals surface area contributed by atoms with Crippen molar-refractivity contribution < 1.29 is 4.79 Å². The molecule has 1 fully saturated rings. The van der Waals surface area contributed by atoms with Gasteiger partial charge in [-0.2, -0.15) is 0 Å². The Hall–Kier alpha value is -3.55. The fourth-order valence-corrected chi connectivity index (χ4v) is 3.82. The molecule has 0 spiro atoms. The number of piperidine rings is 1. The molecule has 8 heteroatoms. The molecule has 31 heavy (non-hydrogen) atoms. The molecule has 1 amide bonds. The highest BCUT2D eigenvalue weighted by Gasteiger charge is 2.25. The van der Waals surface area contributed by atoms with E-state index in [1.807, 2.05) is 38.1 Å². The Kier molecular flexibility index (Phi) is 6.06. The van der Waals surface area contributed by atoms with Crippen molar-refractivity contribution in [3.63, 3.8) is 0 Å². The third-order valence-corrected chi connectivity index (χ3v) is 5.79. The van der Waals surface area contributed by atoms with Crippen LogP contribution in [0.2, 0.25) is 0 Å². The summed E-state index contributed by atoms with van der Waals surface area (Å²) in [5.74, 6) is 2.08. The SMILES string of the molecule is Cc1nc(-c2ccccn2)nc(NCc2cccnc2N2CCC(C(N)=O)CC2)c1C. The molecular weight excluding hydrogens is 390 g/mol. The molecule has 0 atom stereocenters. The van der Waals surface area contributed by atoms with Gasteiger partial charge in [0, 0.05) is 54.8 Å². The molecule has 0 unspecified atom stereocenters. The zero-order valence-corrected chi connectivity index (χ0v) is 17.9. The highest BCUT2D eigenvalue weighted by Crippen LogP contribution is 2.26. The predicted octanol–water partition coefficient (Wildman–Crippen LogP) is 2.86. The average molecular weight is 418 g/mol. The molecule has 1 saturated heterocycles. The maximum absolute atomic E-state index is 11.5. The molecule has 0 bridgehead atoms. The van der Waals surface area contributed by atoms with Crippen LogP contribution in [0.25, 0.3) is 11.5 Å². The third-order valence-electron chi connectivity index (χ3n) is 5.79. The summed E-state index contributed by atoms with van der Waals surface area (Å²) in [6.07, 6.45) is 5.06.